The molecule has 0 radical (unpaired) electrons. The highest BCUT2D eigenvalue weighted by atomic mass is 19.3. The van der Waals surface area contributed by atoms with Gasteiger partial charge in [0.1, 0.15) is 5.75 Å². The molecule has 0 bridgehead atoms. The van der Waals surface area contributed by atoms with Gasteiger partial charge in [-0.1, -0.05) is 24.3 Å². The average molecular weight is 316 g/mol. The number of hydrogen-bond donors (Lipinski definition) is 1. The zero-order valence-corrected chi connectivity index (χ0v) is 12.3. The molecule has 1 heterocycles. The number of halogens is 2. The molecule has 3 rings (SSSR count). The molecule has 0 saturated carbocycles. The van der Waals surface area contributed by atoms with Crippen LogP contribution in [0.25, 0.3) is 11.0 Å². The maximum atomic E-state index is 12.4. The van der Waals surface area contributed by atoms with Gasteiger partial charge in [0.25, 0.3) is 0 Å². The number of ether oxygens (including phenoxy) is 1. The van der Waals surface area contributed by atoms with Gasteiger partial charge in [-0.15, -0.1) is 0 Å². The Kier molecular flexibility index (Phi) is 4.18. The highest BCUT2D eigenvalue weighted by Gasteiger charge is 2.08. The summed E-state index contributed by atoms with van der Waals surface area (Å²) >= 11 is 0. The van der Waals surface area contributed by atoms with Crippen molar-refractivity contribution >= 4 is 23.2 Å². The Hall–Kier alpha value is -2.96. The summed E-state index contributed by atoms with van der Waals surface area (Å²) < 4.78 is 31.0. The van der Waals surface area contributed by atoms with Gasteiger partial charge in [-0.3, -0.25) is 0 Å². The molecule has 0 amide bonds. The fourth-order valence-corrected chi connectivity index (χ4v) is 2.20. The van der Waals surface area contributed by atoms with E-state index in [0.717, 1.165) is 11.0 Å². The monoisotopic (exact) mass is 316 g/mol. The van der Waals surface area contributed by atoms with Crippen molar-refractivity contribution in [2.45, 2.75) is 6.61 Å². The zero-order valence-electron chi connectivity index (χ0n) is 12.3. The van der Waals surface area contributed by atoms with Gasteiger partial charge in [0.05, 0.1) is 17.2 Å². The Morgan fingerprint density at radius 2 is 1.91 bits per heavy atom. The topological polar surface area (TPSA) is 51.4 Å². The van der Waals surface area contributed by atoms with Gasteiger partial charge in [-0.05, 0) is 24.3 Å². The van der Waals surface area contributed by atoms with Crippen molar-refractivity contribution in [3.05, 3.63) is 54.1 Å². The molecule has 5 nitrogen and oxygen atoms in total. The lowest BCUT2D eigenvalue weighted by Gasteiger charge is -2.07. The quantitative estimate of drug-likeness (QED) is 0.578. The first-order valence-corrected chi connectivity index (χ1v) is 6.89. The molecule has 0 aliphatic heterocycles. The first-order valence-electron chi connectivity index (χ1n) is 6.89. The molecule has 0 aliphatic rings. The van der Waals surface area contributed by atoms with Crippen LogP contribution in [0.2, 0.25) is 0 Å². The molecular formula is C16H14F2N4O. The highest BCUT2D eigenvalue weighted by molar-refractivity contribution is 5.84. The third-order valence-electron chi connectivity index (χ3n) is 3.29. The summed E-state index contributed by atoms with van der Waals surface area (Å²) in [6.45, 7) is -2.88. The minimum Gasteiger partial charge on any atom is -0.434 e. The lowest BCUT2D eigenvalue weighted by atomic mass is 10.2. The molecule has 3 aromatic rings. The number of imidazole rings is 1. The maximum Gasteiger partial charge on any atom is 0.387 e. The first kappa shape index (κ1) is 15.0. The molecule has 0 fully saturated rings. The Morgan fingerprint density at radius 1 is 1.17 bits per heavy atom. The van der Waals surface area contributed by atoms with Gasteiger partial charge in [-0.2, -0.15) is 13.9 Å². The molecule has 1 N–H and O–H groups in total. The zero-order chi connectivity index (χ0) is 16.2. The van der Waals surface area contributed by atoms with Crippen LogP contribution >= 0.6 is 0 Å². The van der Waals surface area contributed by atoms with E-state index in [1.807, 2.05) is 35.9 Å². The van der Waals surface area contributed by atoms with Crippen molar-refractivity contribution in [1.29, 1.82) is 0 Å². The SMILES string of the molecule is Cn1c(N/N=C/c2ccccc2OC(F)F)nc2ccccc21. The number of nitrogens with zero attached hydrogens (tertiary/aromatic N) is 3. The minimum atomic E-state index is -2.88. The second-order valence-corrected chi connectivity index (χ2v) is 4.77. The lowest BCUT2D eigenvalue weighted by Crippen LogP contribution is -2.04. The van der Waals surface area contributed by atoms with E-state index in [1.165, 1.54) is 12.3 Å². The van der Waals surface area contributed by atoms with Gasteiger partial charge in [0.15, 0.2) is 0 Å². The van der Waals surface area contributed by atoms with Crippen LogP contribution < -0.4 is 10.2 Å². The van der Waals surface area contributed by atoms with Gasteiger partial charge in [0, 0.05) is 12.6 Å². The van der Waals surface area contributed by atoms with Gasteiger partial charge >= 0.3 is 6.61 Å². The number of para-hydroxylation sites is 3. The summed E-state index contributed by atoms with van der Waals surface area (Å²) in [5.74, 6) is 0.618. The Morgan fingerprint density at radius 3 is 2.70 bits per heavy atom. The van der Waals surface area contributed by atoms with E-state index in [-0.39, 0.29) is 5.75 Å². The van der Waals surface area contributed by atoms with Gasteiger partial charge in [-0.25, -0.2) is 10.4 Å². The van der Waals surface area contributed by atoms with Crippen LogP contribution in [0, 0.1) is 0 Å². The molecule has 0 aliphatic carbocycles. The minimum absolute atomic E-state index is 0.0676. The van der Waals surface area contributed by atoms with E-state index in [9.17, 15) is 8.78 Å². The van der Waals surface area contributed by atoms with E-state index in [4.69, 9.17) is 0 Å². The van der Waals surface area contributed by atoms with Crippen LogP contribution in [0.15, 0.2) is 53.6 Å². The van der Waals surface area contributed by atoms with E-state index in [2.05, 4.69) is 20.2 Å². The molecule has 0 spiro atoms. The van der Waals surface area contributed by atoms with Crippen LogP contribution in [0.4, 0.5) is 14.7 Å². The molecule has 2 aromatic carbocycles. The lowest BCUT2D eigenvalue weighted by molar-refractivity contribution is -0.0499. The number of nitrogens with one attached hydrogen (secondary N) is 1. The number of hydrogen-bond acceptors (Lipinski definition) is 4. The number of rotatable bonds is 5. The number of alkyl halides is 2. The third-order valence-corrected chi connectivity index (χ3v) is 3.29. The molecule has 23 heavy (non-hydrogen) atoms. The van der Waals surface area contributed by atoms with Crippen molar-refractivity contribution in [2.75, 3.05) is 5.43 Å². The predicted molar refractivity (Wildman–Crippen MR) is 85.0 cm³/mol. The van der Waals surface area contributed by atoms with Gasteiger partial charge in [0.2, 0.25) is 5.95 Å². The third kappa shape index (κ3) is 3.28. The van der Waals surface area contributed by atoms with E-state index >= 15 is 0 Å². The van der Waals surface area contributed by atoms with E-state index in [0.29, 0.717) is 11.5 Å². The van der Waals surface area contributed by atoms with Crippen LogP contribution in [0.1, 0.15) is 5.56 Å². The highest BCUT2D eigenvalue weighted by Crippen LogP contribution is 2.19. The van der Waals surface area contributed by atoms with Crippen molar-refractivity contribution in [3.63, 3.8) is 0 Å². The normalized spacial score (nSPS) is 11.5. The number of hydrazone groups is 1. The van der Waals surface area contributed by atoms with Crippen molar-refractivity contribution < 1.29 is 13.5 Å². The van der Waals surface area contributed by atoms with Crippen molar-refractivity contribution in [1.82, 2.24) is 9.55 Å². The van der Waals surface area contributed by atoms with Gasteiger partial charge < -0.3 is 9.30 Å². The second kappa shape index (κ2) is 6.43. The fraction of sp³-hybridized carbons (Fsp3) is 0.125. The van der Waals surface area contributed by atoms with Crippen LogP contribution in [-0.4, -0.2) is 22.4 Å². The smallest absolute Gasteiger partial charge is 0.387 e. The molecule has 0 saturated heterocycles. The second-order valence-electron chi connectivity index (χ2n) is 4.77. The number of fused-ring (bicyclic) bond motifs is 1. The first-order chi connectivity index (χ1) is 11.1. The molecule has 0 unspecified atom stereocenters. The molecule has 0 atom stereocenters. The number of benzene rings is 2. The van der Waals surface area contributed by atoms with E-state index < -0.39 is 6.61 Å². The Labute approximate surface area is 131 Å². The van der Waals surface area contributed by atoms with Crippen LogP contribution in [0.3, 0.4) is 0 Å². The molecule has 1 aromatic heterocycles. The van der Waals surface area contributed by atoms with Crippen LogP contribution in [-0.2, 0) is 7.05 Å². The average Bonchev–Trinajstić information content (AvgIpc) is 2.85. The standard InChI is InChI=1S/C16H14F2N4O/c1-22-13-8-4-3-7-12(13)20-16(22)21-19-10-11-6-2-5-9-14(11)23-15(17)18/h2-10,15H,1H3,(H,20,21)/b19-10+. The Bertz CT molecular complexity index is 845. The number of anilines is 1. The predicted octanol–water partition coefficient (Wildman–Crippen LogP) is 3.62. The summed E-state index contributed by atoms with van der Waals surface area (Å²) in [7, 11) is 1.86. The summed E-state index contributed by atoms with van der Waals surface area (Å²) in [6.07, 6.45) is 1.41. The molecular weight excluding hydrogens is 302 g/mol. The Balaban J connectivity index is 1.80. The largest absolute Gasteiger partial charge is 0.434 e. The summed E-state index contributed by atoms with van der Waals surface area (Å²) in [6, 6.07) is 14.1. The fourth-order valence-electron chi connectivity index (χ4n) is 2.20. The van der Waals surface area contributed by atoms with Crippen molar-refractivity contribution in [3.8, 4) is 5.75 Å². The van der Waals surface area contributed by atoms with E-state index in [1.54, 1.807) is 18.2 Å². The maximum absolute atomic E-state index is 12.4. The number of aromatic nitrogens is 2. The van der Waals surface area contributed by atoms with Crippen molar-refractivity contribution in [2.24, 2.45) is 12.1 Å². The molecule has 7 heteroatoms. The summed E-state index contributed by atoms with van der Waals surface area (Å²) in [4.78, 5) is 4.40. The number of aryl methyl sites for hydroxylation is 1. The van der Waals surface area contributed by atoms with Crippen LogP contribution in [0.5, 0.6) is 5.75 Å². The summed E-state index contributed by atoms with van der Waals surface area (Å²) in [5.41, 5.74) is 5.06. The molecule has 118 valence electrons. The summed E-state index contributed by atoms with van der Waals surface area (Å²) in [5, 5.41) is 4.05.